The number of carbonyl (C=O) groups is 1. The number of benzene rings is 1. The normalized spacial score (nSPS) is 11.3. The van der Waals surface area contributed by atoms with Gasteiger partial charge in [-0.25, -0.2) is 9.97 Å². The maximum absolute atomic E-state index is 12.0. The lowest BCUT2D eigenvalue weighted by molar-refractivity contribution is -0.120. The summed E-state index contributed by atoms with van der Waals surface area (Å²) in [5.74, 6) is -0.0370. The van der Waals surface area contributed by atoms with E-state index in [0.29, 0.717) is 13.0 Å². The molecule has 0 bridgehead atoms. The third kappa shape index (κ3) is 2.60. The number of carbonyl (C=O) groups excluding carboxylic acids is 1. The molecule has 22 heavy (non-hydrogen) atoms. The van der Waals surface area contributed by atoms with E-state index in [9.17, 15) is 4.79 Å². The van der Waals surface area contributed by atoms with Gasteiger partial charge in [-0.15, -0.1) is 22.7 Å². The predicted molar refractivity (Wildman–Crippen MR) is 88.2 cm³/mol. The van der Waals surface area contributed by atoms with Crippen LogP contribution < -0.4 is 5.32 Å². The highest BCUT2D eigenvalue weighted by Gasteiger charge is 2.09. The molecule has 1 aromatic carbocycles. The molecule has 0 aliphatic rings. The van der Waals surface area contributed by atoms with Gasteiger partial charge in [-0.2, -0.15) is 0 Å². The Balaban J connectivity index is 1.40. The van der Waals surface area contributed by atoms with Gasteiger partial charge in [0.1, 0.15) is 5.01 Å². The lowest BCUT2D eigenvalue weighted by Gasteiger charge is -2.00. The molecule has 0 fully saturated rings. The van der Waals surface area contributed by atoms with Gasteiger partial charge in [0.2, 0.25) is 5.91 Å². The first-order valence-corrected chi connectivity index (χ1v) is 8.50. The summed E-state index contributed by atoms with van der Waals surface area (Å²) >= 11 is 3.17. The largest absolute Gasteiger partial charge is 0.349 e. The highest BCUT2D eigenvalue weighted by atomic mass is 32.1. The number of imidazole rings is 1. The van der Waals surface area contributed by atoms with Crippen LogP contribution in [-0.4, -0.2) is 20.3 Å². The zero-order chi connectivity index (χ0) is 14.9. The first-order chi connectivity index (χ1) is 10.8. The van der Waals surface area contributed by atoms with Gasteiger partial charge in [0, 0.05) is 17.8 Å². The van der Waals surface area contributed by atoms with Crippen LogP contribution in [0.1, 0.15) is 10.7 Å². The number of nitrogens with zero attached hydrogens (tertiary/aromatic N) is 3. The Morgan fingerprint density at radius 1 is 1.27 bits per heavy atom. The van der Waals surface area contributed by atoms with Crippen LogP contribution in [0.15, 0.2) is 42.0 Å². The van der Waals surface area contributed by atoms with Crippen molar-refractivity contribution in [3.8, 4) is 0 Å². The van der Waals surface area contributed by atoms with Crippen LogP contribution in [0.2, 0.25) is 0 Å². The van der Waals surface area contributed by atoms with E-state index in [0.717, 1.165) is 25.9 Å². The van der Waals surface area contributed by atoms with Crippen LogP contribution in [0, 0.1) is 0 Å². The fourth-order valence-electron chi connectivity index (χ4n) is 2.26. The van der Waals surface area contributed by atoms with Gasteiger partial charge in [-0.05, 0) is 12.1 Å². The van der Waals surface area contributed by atoms with Crippen LogP contribution in [0.3, 0.4) is 0 Å². The Kier molecular flexibility index (Phi) is 3.36. The van der Waals surface area contributed by atoms with Crippen molar-refractivity contribution in [3.63, 3.8) is 0 Å². The highest BCUT2D eigenvalue weighted by Crippen LogP contribution is 2.21. The van der Waals surface area contributed by atoms with Gasteiger partial charge < -0.3 is 5.32 Å². The van der Waals surface area contributed by atoms with E-state index in [-0.39, 0.29) is 5.91 Å². The number of amides is 1. The molecule has 0 aliphatic heterocycles. The molecular weight excluding hydrogens is 316 g/mol. The number of hydrogen-bond acceptors (Lipinski definition) is 5. The van der Waals surface area contributed by atoms with Crippen molar-refractivity contribution in [1.82, 2.24) is 19.7 Å². The SMILES string of the molecule is O=C(Cc1cn2ccsc2n1)NCc1nc2ccccc2s1. The standard InChI is InChI=1S/C15H12N4OS2/c20-13(7-10-9-19-5-6-21-15(19)17-10)16-8-14-18-11-3-1-2-4-12(11)22-14/h1-6,9H,7-8H2,(H,16,20). The minimum Gasteiger partial charge on any atom is -0.349 e. The molecule has 5 nitrogen and oxygen atoms in total. The van der Waals surface area contributed by atoms with Gasteiger partial charge in [-0.3, -0.25) is 9.20 Å². The Morgan fingerprint density at radius 2 is 2.18 bits per heavy atom. The van der Waals surface area contributed by atoms with Crippen LogP contribution >= 0.6 is 22.7 Å². The molecule has 1 N–H and O–H groups in total. The summed E-state index contributed by atoms with van der Waals surface area (Å²) in [5, 5.41) is 5.80. The summed E-state index contributed by atoms with van der Waals surface area (Å²) in [6, 6.07) is 7.98. The minimum absolute atomic E-state index is 0.0370. The van der Waals surface area contributed by atoms with E-state index in [1.54, 1.807) is 22.7 Å². The van der Waals surface area contributed by atoms with E-state index >= 15 is 0 Å². The van der Waals surface area contributed by atoms with Crippen molar-refractivity contribution in [3.05, 3.63) is 52.7 Å². The van der Waals surface area contributed by atoms with Gasteiger partial charge in [-0.1, -0.05) is 12.1 Å². The first-order valence-electron chi connectivity index (χ1n) is 6.80. The maximum Gasteiger partial charge on any atom is 0.226 e. The third-order valence-electron chi connectivity index (χ3n) is 3.26. The second-order valence-electron chi connectivity index (χ2n) is 4.85. The third-order valence-corrected chi connectivity index (χ3v) is 5.07. The molecule has 7 heteroatoms. The zero-order valence-electron chi connectivity index (χ0n) is 11.5. The molecule has 110 valence electrons. The molecule has 0 atom stereocenters. The summed E-state index contributed by atoms with van der Waals surface area (Å²) < 4.78 is 3.07. The fourth-order valence-corrected chi connectivity index (χ4v) is 3.88. The number of nitrogens with one attached hydrogen (secondary N) is 1. The molecule has 3 heterocycles. The molecule has 0 aliphatic carbocycles. The number of fused-ring (bicyclic) bond motifs is 2. The summed E-state index contributed by atoms with van der Waals surface area (Å²) in [7, 11) is 0. The Bertz CT molecular complexity index is 891. The van der Waals surface area contributed by atoms with Crippen LogP contribution in [-0.2, 0) is 17.8 Å². The molecule has 1 amide bonds. The van der Waals surface area contributed by atoms with Crippen molar-refractivity contribution in [1.29, 1.82) is 0 Å². The van der Waals surface area contributed by atoms with E-state index in [2.05, 4.69) is 15.3 Å². The van der Waals surface area contributed by atoms with Crippen LogP contribution in [0.4, 0.5) is 0 Å². The monoisotopic (exact) mass is 328 g/mol. The Morgan fingerprint density at radius 3 is 3.05 bits per heavy atom. The fraction of sp³-hybridized carbons (Fsp3) is 0.133. The lowest BCUT2D eigenvalue weighted by atomic mass is 10.3. The zero-order valence-corrected chi connectivity index (χ0v) is 13.2. The number of para-hydroxylation sites is 1. The average molecular weight is 328 g/mol. The van der Waals surface area contributed by atoms with Crippen LogP contribution in [0.5, 0.6) is 0 Å². The highest BCUT2D eigenvalue weighted by molar-refractivity contribution is 7.18. The molecule has 4 aromatic rings. The summed E-state index contributed by atoms with van der Waals surface area (Å²) in [5.41, 5.74) is 1.76. The molecule has 0 saturated heterocycles. The van der Waals surface area contributed by atoms with Crippen molar-refractivity contribution >= 4 is 43.8 Å². The maximum atomic E-state index is 12.0. The number of hydrogen-bond donors (Lipinski definition) is 1. The van der Waals surface area contributed by atoms with Crippen molar-refractivity contribution < 1.29 is 4.79 Å². The number of aromatic nitrogens is 3. The lowest BCUT2D eigenvalue weighted by Crippen LogP contribution is -2.24. The second-order valence-corrected chi connectivity index (χ2v) is 6.84. The van der Waals surface area contributed by atoms with E-state index < -0.39 is 0 Å². The van der Waals surface area contributed by atoms with Gasteiger partial charge in [0.15, 0.2) is 4.96 Å². The molecule has 4 rings (SSSR count). The first kappa shape index (κ1) is 13.4. The molecule has 0 unspecified atom stereocenters. The smallest absolute Gasteiger partial charge is 0.226 e. The molecular formula is C15H12N4OS2. The van der Waals surface area contributed by atoms with Crippen molar-refractivity contribution in [2.24, 2.45) is 0 Å². The summed E-state index contributed by atoms with van der Waals surface area (Å²) in [6.45, 7) is 0.459. The molecule has 0 radical (unpaired) electrons. The van der Waals surface area contributed by atoms with Gasteiger partial charge in [0.25, 0.3) is 0 Å². The number of thiazole rings is 2. The summed E-state index contributed by atoms with van der Waals surface area (Å²) in [4.78, 5) is 21.8. The quantitative estimate of drug-likeness (QED) is 0.627. The van der Waals surface area contributed by atoms with E-state index in [4.69, 9.17) is 0 Å². The summed E-state index contributed by atoms with van der Waals surface area (Å²) in [6.07, 6.45) is 4.12. The van der Waals surface area contributed by atoms with E-state index in [1.807, 2.05) is 46.4 Å². The number of rotatable bonds is 4. The molecule has 0 saturated carbocycles. The Hall–Kier alpha value is -2.25. The average Bonchev–Trinajstić information content (AvgIpc) is 3.18. The van der Waals surface area contributed by atoms with Gasteiger partial charge >= 0.3 is 0 Å². The van der Waals surface area contributed by atoms with Crippen molar-refractivity contribution in [2.45, 2.75) is 13.0 Å². The molecule has 3 aromatic heterocycles. The van der Waals surface area contributed by atoms with E-state index in [1.165, 1.54) is 0 Å². The predicted octanol–water partition coefficient (Wildman–Crippen LogP) is 2.86. The Labute approximate surface area is 134 Å². The van der Waals surface area contributed by atoms with Gasteiger partial charge in [0.05, 0.1) is 28.9 Å². The minimum atomic E-state index is -0.0370. The van der Waals surface area contributed by atoms with Crippen molar-refractivity contribution in [2.75, 3.05) is 0 Å². The topological polar surface area (TPSA) is 59.3 Å². The molecule has 0 spiro atoms. The second kappa shape index (κ2) is 5.51. The van der Waals surface area contributed by atoms with Crippen LogP contribution in [0.25, 0.3) is 15.2 Å².